The summed E-state index contributed by atoms with van der Waals surface area (Å²) in [5.74, 6) is -0.901. The number of halogens is 1. The number of ether oxygens (including phenoxy) is 1. The summed E-state index contributed by atoms with van der Waals surface area (Å²) < 4.78 is 4.99. The Morgan fingerprint density at radius 1 is 1.05 bits per heavy atom. The number of nitrogens with one attached hydrogen (secondary N) is 1. The third-order valence-electron chi connectivity index (χ3n) is 5.61. The molecule has 1 aliphatic heterocycles. The molecule has 0 bridgehead atoms. The minimum Gasteiger partial charge on any atom is -0.462 e. The lowest BCUT2D eigenvalue weighted by Gasteiger charge is -2.32. The van der Waals surface area contributed by atoms with Crippen molar-refractivity contribution in [3.63, 3.8) is 0 Å². The highest BCUT2D eigenvalue weighted by Gasteiger charge is 2.35. The van der Waals surface area contributed by atoms with Crippen molar-refractivity contribution in [2.45, 2.75) is 25.0 Å². The fourth-order valence-electron chi connectivity index (χ4n) is 3.70. The van der Waals surface area contributed by atoms with E-state index in [-0.39, 0.29) is 24.8 Å². The lowest BCUT2D eigenvalue weighted by atomic mass is 10.1. The average molecular weight is 536 g/mol. The summed E-state index contributed by atoms with van der Waals surface area (Å²) in [6.07, 6.45) is 0.711. The molecule has 0 saturated carbocycles. The van der Waals surface area contributed by atoms with Crippen LogP contribution in [0, 0.1) is 0 Å². The molecule has 3 aromatic carbocycles. The van der Waals surface area contributed by atoms with Gasteiger partial charge in [-0.15, -0.1) is 0 Å². The van der Waals surface area contributed by atoms with E-state index in [4.69, 9.17) is 16.3 Å². The summed E-state index contributed by atoms with van der Waals surface area (Å²) in [5.41, 5.74) is 2.67. The minimum absolute atomic E-state index is 0.0475. The Balaban J connectivity index is 1.50. The Morgan fingerprint density at radius 3 is 2.43 bits per heavy atom. The Kier molecular flexibility index (Phi) is 8.98. The zero-order valence-electron chi connectivity index (χ0n) is 20.2. The maximum atomic E-state index is 13.2. The Labute approximate surface area is 224 Å². The molecule has 1 heterocycles. The first kappa shape index (κ1) is 26.4. The number of carbonyl (C=O) groups is 3. The van der Waals surface area contributed by atoms with Crippen LogP contribution in [0.2, 0.25) is 5.02 Å². The van der Waals surface area contributed by atoms with E-state index in [2.05, 4.69) is 10.3 Å². The lowest BCUT2D eigenvalue weighted by Crippen LogP contribution is -2.46. The molecule has 0 unspecified atom stereocenters. The second-order valence-electron chi connectivity index (χ2n) is 8.25. The van der Waals surface area contributed by atoms with E-state index < -0.39 is 11.2 Å². The molecule has 0 aliphatic carbocycles. The second kappa shape index (κ2) is 12.6. The fourth-order valence-corrected chi connectivity index (χ4v) is 4.95. The maximum Gasteiger partial charge on any atom is 0.338 e. The zero-order chi connectivity index (χ0) is 26.2. The van der Waals surface area contributed by atoms with Gasteiger partial charge in [0.2, 0.25) is 11.8 Å². The number of amides is 2. The number of hydrogen-bond acceptors (Lipinski definition) is 6. The predicted octanol–water partition coefficient (Wildman–Crippen LogP) is 5.72. The number of anilines is 1. The minimum atomic E-state index is -0.656. The van der Waals surface area contributed by atoms with Crippen molar-refractivity contribution in [3.8, 4) is 0 Å². The Hall–Kier alpha value is -3.62. The monoisotopic (exact) mass is 535 g/mol. The number of rotatable bonds is 8. The molecule has 0 radical (unpaired) electrons. The number of thioether (sulfide) groups is 1. The summed E-state index contributed by atoms with van der Waals surface area (Å²) >= 11 is 7.27. The largest absolute Gasteiger partial charge is 0.462 e. The average Bonchev–Trinajstić information content (AvgIpc) is 2.90. The van der Waals surface area contributed by atoms with E-state index in [0.717, 1.165) is 5.56 Å². The van der Waals surface area contributed by atoms with Crippen LogP contribution in [0.3, 0.4) is 0 Å². The zero-order valence-corrected chi connectivity index (χ0v) is 21.8. The van der Waals surface area contributed by atoms with Gasteiger partial charge in [-0.1, -0.05) is 53.7 Å². The van der Waals surface area contributed by atoms with Crippen molar-refractivity contribution >= 4 is 57.7 Å². The molecule has 1 atom stereocenters. The molecule has 7 nitrogen and oxygen atoms in total. The van der Waals surface area contributed by atoms with Gasteiger partial charge in [0.1, 0.15) is 5.25 Å². The van der Waals surface area contributed by atoms with Crippen LogP contribution in [-0.2, 0) is 20.7 Å². The molecule has 1 N–H and O–H groups in total. The van der Waals surface area contributed by atoms with Gasteiger partial charge in [-0.3, -0.25) is 14.5 Å². The first-order valence-electron chi connectivity index (χ1n) is 11.9. The van der Waals surface area contributed by atoms with Crippen molar-refractivity contribution in [3.05, 3.63) is 95.0 Å². The van der Waals surface area contributed by atoms with Crippen LogP contribution in [0.5, 0.6) is 0 Å². The Morgan fingerprint density at radius 2 is 1.76 bits per heavy atom. The molecule has 2 amide bonds. The van der Waals surface area contributed by atoms with Crippen molar-refractivity contribution in [1.82, 2.24) is 4.90 Å². The van der Waals surface area contributed by atoms with Crippen molar-refractivity contribution < 1.29 is 19.1 Å². The quantitative estimate of drug-likeness (QED) is 0.373. The standard InChI is InChI=1S/C28H26ClN3O4S/c1-2-36-27(35)20-8-12-22(13-9-20)30-26(34)24-18-25(33)32(17-16-19-6-4-3-5-7-19)28(37-24)31-23-14-10-21(29)11-15-23/h3-15,24H,2,16-18H2,1H3,(H,30,34)/t24-/m0/s1. The molecule has 0 aromatic heterocycles. The smallest absolute Gasteiger partial charge is 0.338 e. The van der Waals surface area contributed by atoms with E-state index >= 15 is 0 Å². The molecule has 0 spiro atoms. The van der Waals surface area contributed by atoms with E-state index in [1.165, 1.54) is 11.8 Å². The van der Waals surface area contributed by atoms with Crippen LogP contribution in [0.15, 0.2) is 83.9 Å². The van der Waals surface area contributed by atoms with Gasteiger partial charge in [-0.2, -0.15) is 0 Å². The van der Waals surface area contributed by atoms with Crippen molar-refractivity contribution in [2.75, 3.05) is 18.5 Å². The molecule has 3 aromatic rings. The van der Waals surface area contributed by atoms with Crippen molar-refractivity contribution in [1.29, 1.82) is 0 Å². The maximum absolute atomic E-state index is 13.2. The lowest BCUT2D eigenvalue weighted by molar-refractivity contribution is -0.129. The van der Waals surface area contributed by atoms with Gasteiger partial charge in [0.25, 0.3) is 0 Å². The molecule has 190 valence electrons. The van der Waals surface area contributed by atoms with E-state index in [1.807, 2.05) is 30.3 Å². The number of carbonyl (C=O) groups excluding carboxylic acids is 3. The van der Waals surface area contributed by atoms with Gasteiger partial charge >= 0.3 is 5.97 Å². The number of aliphatic imine (C=N–C) groups is 1. The van der Waals surface area contributed by atoms with Crippen LogP contribution >= 0.6 is 23.4 Å². The van der Waals surface area contributed by atoms with Crippen LogP contribution in [-0.4, -0.2) is 46.3 Å². The normalized spacial score (nSPS) is 16.5. The summed E-state index contributed by atoms with van der Waals surface area (Å²) in [4.78, 5) is 44.5. The molecule has 1 saturated heterocycles. The summed E-state index contributed by atoms with van der Waals surface area (Å²) in [7, 11) is 0. The third-order valence-corrected chi connectivity index (χ3v) is 7.05. The second-order valence-corrected chi connectivity index (χ2v) is 9.86. The Bertz CT molecular complexity index is 1280. The molecule has 1 aliphatic rings. The highest BCUT2D eigenvalue weighted by molar-refractivity contribution is 8.15. The number of hydrogen-bond donors (Lipinski definition) is 1. The van der Waals surface area contributed by atoms with Crippen molar-refractivity contribution in [2.24, 2.45) is 4.99 Å². The third kappa shape index (κ3) is 7.21. The van der Waals surface area contributed by atoms with Gasteiger partial charge in [0.15, 0.2) is 5.17 Å². The number of nitrogens with zero attached hydrogens (tertiary/aromatic N) is 2. The fraction of sp³-hybridized carbons (Fsp3) is 0.214. The first-order chi connectivity index (χ1) is 17.9. The summed E-state index contributed by atoms with van der Waals surface area (Å²) in [5, 5.41) is 3.24. The van der Waals surface area contributed by atoms with Gasteiger partial charge in [-0.25, -0.2) is 9.79 Å². The molecule has 9 heteroatoms. The van der Waals surface area contributed by atoms with E-state index in [0.29, 0.717) is 40.1 Å². The molecular formula is C28H26ClN3O4S. The predicted molar refractivity (Wildman–Crippen MR) is 147 cm³/mol. The van der Waals surface area contributed by atoms with Crippen LogP contribution < -0.4 is 5.32 Å². The van der Waals surface area contributed by atoms with Crippen LogP contribution in [0.1, 0.15) is 29.3 Å². The first-order valence-corrected chi connectivity index (χ1v) is 13.1. The van der Waals surface area contributed by atoms with Gasteiger partial charge < -0.3 is 10.1 Å². The molecule has 1 fully saturated rings. The molecular weight excluding hydrogens is 510 g/mol. The highest BCUT2D eigenvalue weighted by Crippen LogP contribution is 2.30. The van der Waals surface area contributed by atoms with E-state index in [9.17, 15) is 14.4 Å². The number of esters is 1. The topological polar surface area (TPSA) is 88.1 Å². The van der Waals surface area contributed by atoms with E-state index in [1.54, 1.807) is 60.4 Å². The summed E-state index contributed by atoms with van der Waals surface area (Å²) in [6.45, 7) is 2.47. The van der Waals surface area contributed by atoms with Gasteiger partial charge in [-0.05, 0) is 67.4 Å². The molecule has 4 rings (SSSR count). The number of benzene rings is 3. The molecule has 37 heavy (non-hydrogen) atoms. The van der Waals surface area contributed by atoms with Crippen LogP contribution in [0.4, 0.5) is 11.4 Å². The SMILES string of the molecule is CCOC(=O)c1ccc(NC(=O)[C@@H]2CC(=O)N(CCc3ccccc3)C(=Nc3ccc(Cl)cc3)S2)cc1. The van der Waals surface area contributed by atoms with Gasteiger partial charge in [0, 0.05) is 23.7 Å². The van der Waals surface area contributed by atoms with Gasteiger partial charge in [0.05, 0.1) is 17.9 Å². The summed E-state index contributed by atoms with van der Waals surface area (Å²) in [6, 6.07) is 23.3. The highest BCUT2D eigenvalue weighted by atomic mass is 35.5. The van der Waals surface area contributed by atoms with Crippen LogP contribution in [0.25, 0.3) is 0 Å². The number of amidine groups is 1.